The van der Waals surface area contributed by atoms with Crippen LogP contribution in [0.5, 0.6) is 0 Å². The number of anilines is 1. The summed E-state index contributed by atoms with van der Waals surface area (Å²) < 4.78 is 2.29. The van der Waals surface area contributed by atoms with Crippen molar-refractivity contribution in [3.05, 3.63) is 57.7 Å². The molecule has 0 aliphatic heterocycles. The van der Waals surface area contributed by atoms with Crippen LogP contribution in [0.15, 0.2) is 30.3 Å². The monoisotopic (exact) mass is 649 g/mol. The van der Waals surface area contributed by atoms with Crippen LogP contribution in [-0.2, 0) is 6.54 Å². The predicted octanol–water partition coefficient (Wildman–Crippen LogP) is 4.51. The molecule has 3 N–H and O–H groups in total. The molecule has 5 nitrogen and oxygen atoms in total. The van der Waals surface area contributed by atoms with E-state index in [2.05, 4.69) is 27.9 Å². The van der Waals surface area contributed by atoms with Crippen molar-refractivity contribution in [2.45, 2.75) is 6.54 Å². The molecule has 2 aromatic carbocycles. The van der Waals surface area contributed by atoms with Crippen LogP contribution in [0.4, 0.5) is 5.69 Å². The van der Waals surface area contributed by atoms with Gasteiger partial charge in [0.25, 0.3) is 0 Å². The molecule has 0 saturated heterocycles. The molecular weight excluding hydrogens is 639 g/mol. The Morgan fingerprint density at radius 1 is 0.957 bits per heavy atom. The molecule has 0 radical (unpaired) electrons. The van der Waals surface area contributed by atoms with Gasteiger partial charge in [-0.05, 0) is 91.5 Å². The quantitative estimate of drug-likeness (QED) is 0.416. The molecule has 0 bridgehead atoms. The number of aromatic carboxylic acids is 2. The fourth-order valence-electron chi connectivity index (χ4n) is 1.90. The summed E-state index contributed by atoms with van der Waals surface area (Å²) in [5.74, 6) is -1.92. The Kier molecular flexibility index (Phi) is 6.48. The first-order chi connectivity index (χ1) is 10.8. The number of carboxylic acids is 2. The van der Waals surface area contributed by atoms with Crippen molar-refractivity contribution < 1.29 is 19.8 Å². The predicted molar refractivity (Wildman–Crippen MR) is 112 cm³/mol. The Morgan fingerprint density at radius 2 is 1.57 bits per heavy atom. The number of hydrogen-bond acceptors (Lipinski definition) is 3. The van der Waals surface area contributed by atoms with Gasteiger partial charge in [0.2, 0.25) is 0 Å². The summed E-state index contributed by atoms with van der Waals surface area (Å²) in [5, 5.41) is 21.5. The van der Waals surface area contributed by atoms with E-state index in [0.29, 0.717) is 13.7 Å². The van der Waals surface area contributed by atoms with E-state index in [1.54, 1.807) is 24.3 Å². The van der Waals surface area contributed by atoms with E-state index < -0.39 is 11.9 Å². The Labute approximate surface area is 173 Å². The highest BCUT2D eigenvalue weighted by molar-refractivity contribution is 14.1. The number of carbonyl (C=O) groups is 2. The molecule has 120 valence electrons. The third-order valence-electron chi connectivity index (χ3n) is 3.05. The molecule has 8 heteroatoms. The molecular formula is C15H10I3NO4. The van der Waals surface area contributed by atoms with Crippen molar-refractivity contribution in [3.8, 4) is 0 Å². The van der Waals surface area contributed by atoms with Crippen LogP contribution in [0.2, 0.25) is 0 Å². The van der Waals surface area contributed by atoms with Crippen LogP contribution in [0.3, 0.4) is 0 Å². The minimum atomic E-state index is -0.961. The van der Waals surface area contributed by atoms with Crippen molar-refractivity contribution in [1.82, 2.24) is 0 Å². The molecule has 0 aliphatic carbocycles. The van der Waals surface area contributed by atoms with Gasteiger partial charge in [0, 0.05) is 13.7 Å². The molecule has 0 unspecified atom stereocenters. The summed E-state index contributed by atoms with van der Waals surface area (Å²) >= 11 is 6.22. The van der Waals surface area contributed by atoms with Crippen molar-refractivity contribution in [2.75, 3.05) is 5.32 Å². The van der Waals surface area contributed by atoms with Gasteiger partial charge in [-0.3, -0.25) is 0 Å². The first kappa shape index (κ1) is 18.7. The lowest BCUT2D eigenvalue weighted by molar-refractivity contribution is 0.0685. The Hall–Kier alpha value is -0.630. The summed E-state index contributed by atoms with van der Waals surface area (Å²) in [6.45, 7) is 0.478. The summed E-state index contributed by atoms with van der Waals surface area (Å²) in [6, 6.07) is 8.39. The van der Waals surface area contributed by atoms with Gasteiger partial charge in [0.1, 0.15) is 0 Å². The molecule has 0 amide bonds. The smallest absolute Gasteiger partial charge is 0.337 e. The van der Waals surface area contributed by atoms with E-state index in [9.17, 15) is 14.7 Å². The number of halogens is 3. The van der Waals surface area contributed by atoms with E-state index in [4.69, 9.17) is 5.11 Å². The normalized spacial score (nSPS) is 10.4. The lowest BCUT2D eigenvalue weighted by atomic mass is 10.1. The van der Waals surface area contributed by atoms with Gasteiger partial charge in [-0.25, -0.2) is 9.59 Å². The summed E-state index contributed by atoms with van der Waals surface area (Å²) in [7, 11) is 0. The van der Waals surface area contributed by atoms with Crippen LogP contribution < -0.4 is 5.32 Å². The summed E-state index contributed by atoms with van der Waals surface area (Å²) in [5.41, 5.74) is 2.21. The Morgan fingerprint density at radius 3 is 2.09 bits per heavy atom. The highest BCUT2D eigenvalue weighted by Gasteiger charge is 2.19. The highest BCUT2D eigenvalue weighted by atomic mass is 127. The van der Waals surface area contributed by atoms with Gasteiger partial charge in [-0.15, -0.1) is 0 Å². The topological polar surface area (TPSA) is 86.6 Å². The van der Waals surface area contributed by atoms with Crippen molar-refractivity contribution >= 4 is 85.4 Å². The van der Waals surface area contributed by atoms with Gasteiger partial charge in [-0.1, -0.05) is 12.1 Å². The molecule has 0 aliphatic rings. The standard InChI is InChI=1S/C15H10I3NO4/c16-9-5-10(17)13(12(18)11(9)15(22)23)19-6-7-1-3-8(4-2-7)14(20)21/h1-5,19H,6H2,(H,20,21)(H,22,23). The third-order valence-corrected chi connectivity index (χ3v) is 5.83. The van der Waals surface area contributed by atoms with Gasteiger partial charge in [0.15, 0.2) is 0 Å². The molecule has 2 rings (SSSR count). The minimum absolute atomic E-state index is 0.236. The highest BCUT2D eigenvalue weighted by Crippen LogP contribution is 2.32. The SMILES string of the molecule is O=C(O)c1ccc(CNc2c(I)cc(I)c(C(=O)O)c2I)cc1. The lowest BCUT2D eigenvalue weighted by Gasteiger charge is -2.14. The van der Waals surface area contributed by atoms with Gasteiger partial charge in [-0.2, -0.15) is 0 Å². The van der Waals surface area contributed by atoms with E-state index in [1.165, 1.54) is 0 Å². The largest absolute Gasteiger partial charge is 0.478 e. The molecule has 0 spiro atoms. The molecule has 0 atom stereocenters. The minimum Gasteiger partial charge on any atom is -0.478 e. The number of nitrogens with one attached hydrogen (secondary N) is 1. The van der Waals surface area contributed by atoms with E-state index in [0.717, 1.165) is 14.8 Å². The maximum Gasteiger partial charge on any atom is 0.337 e. The van der Waals surface area contributed by atoms with E-state index >= 15 is 0 Å². The Bertz CT molecular complexity index is 775. The van der Waals surface area contributed by atoms with Crippen molar-refractivity contribution in [3.63, 3.8) is 0 Å². The van der Waals surface area contributed by atoms with Crippen LogP contribution in [0.25, 0.3) is 0 Å². The zero-order valence-electron chi connectivity index (χ0n) is 11.4. The number of carboxylic acid groups (broad SMARTS) is 2. The first-order valence-corrected chi connectivity index (χ1v) is 9.51. The number of rotatable bonds is 5. The fourth-order valence-corrected chi connectivity index (χ4v) is 6.12. The van der Waals surface area contributed by atoms with Crippen LogP contribution in [0, 0.1) is 10.7 Å². The maximum atomic E-state index is 11.4. The molecule has 23 heavy (non-hydrogen) atoms. The number of benzene rings is 2. The maximum absolute atomic E-state index is 11.4. The van der Waals surface area contributed by atoms with Crippen LogP contribution in [-0.4, -0.2) is 22.2 Å². The van der Waals surface area contributed by atoms with Gasteiger partial charge in [0.05, 0.1) is 20.4 Å². The summed E-state index contributed by atoms with van der Waals surface area (Å²) in [4.78, 5) is 22.2. The zero-order valence-corrected chi connectivity index (χ0v) is 17.9. The van der Waals surface area contributed by atoms with Gasteiger partial charge < -0.3 is 15.5 Å². The van der Waals surface area contributed by atoms with E-state index in [1.807, 2.05) is 51.2 Å². The third kappa shape index (κ3) is 4.47. The van der Waals surface area contributed by atoms with Crippen LogP contribution >= 0.6 is 67.8 Å². The molecule has 0 aromatic heterocycles. The average molecular weight is 649 g/mol. The Balaban J connectivity index is 2.25. The molecule has 0 saturated carbocycles. The van der Waals surface area contributed by atoms with Gasteiger partial charge >= 0.3 is 11.9 Å². The fraction of sp³-hybridized carbons (Fsp3) is 0.0667. The summed E-state index contributed by atoms with van der Waals surface area (Å²) in [6.07, 6.45) is 0. The molecule has 2 aromatic rings. The zero-order chi connectivity index (χ0) is 17.1. The number of hydrogen-bond donors (Lipinski definition) is 3. The van der Waals surface area contributed by atoms with Crippen molar-refractivity contribution in [1.29, 1.82) is 0 Å². The first-order valence-electron chi connectivity index (χ1n) is 6.28. The van der Waals surface area contributed by atoms with Crippen molar-refractivity contribution in [2.24, 2.45) is 0 Å². The van der Waals surface area contributed by atoms with Crippen LogP contribution in [0.1, 0.15) is 26.3 Å². The molecule has 0 fully saturated rings. The second-order valence-electron chi connectivity index (χ2n) is 4.56. The lowest BCUT2D eigenvalue weighted by Crippen LogP contribution is -2.10. The average Bonchev–Trinajstić information content (AvgIpc) is 2.46. The second-order valence-corrected chi connectivity index (χ2v) is 7.97. The van der Waals surface area contributed by atoms with E-state index in [-0.39, 0.29) is 11.1 Å². The second kappa shape index (κ2) is 7.96. The molecule has 0 heterocycles.